The van der Waals surface area contributed by atoms with E-state index in [1.54, 1.807) is 49.6 Å². The van der Waals surface area contributed by atoms with Crippen LogP contribution in [-0.2, 0) is 4.79 Å². The third kappa shape index (κ3) is 4.11. The van der Waals surface area contributed by atoms with Crippen LogP contribution in [0.5, 0.6) is 11.5 Å². The highest BCUT2D eigenvalue weighted by Gasteiger charge is 2.19. The van der Waals surface area contributed by atoms with Gasteiger partial charge in [-0.05, 0) is 29.3 Å². The van der Waals surface area contributed by atoms with Gasteiger partial charge in [0.25, 0.3) is 5.91 Å². The lowest BCUT2D eigenvalue weighted by Gasteiger charge is -2.08. The highest BCUT2D eigenvalue weighted by molar-refractivity contribution is 5.88. The van der Waals surface area contributed by atoms with Gasteiger partial charge in [-0.25, -0.2) is 5.43 Å². The predicted octanol–water partition coefficient (Wildman–Crippen LogP) is 2.46. The molecule has 0 saturated carbocycles. The normalized spacial score (nSPS) is 11.5. The number of methoxy groups -OCH3 is 2. The zero-order valence-electron chi connectivity index (χ0n) is 13.4. The van der Waals surface area contributed by atoms with Gasteiger partial charge in [0.1, 0.15) is 0 Å². The number of benzene rings is 2. The predicted molar refractivity (Wildman–Crippen MR) is 90.1 cm³/mol. The molecule has 0 aliphatic rings. The molecular weight excluding hydrogens is 306 g/mol. The molecule has 2 aromatic carbocycles. The average molecular weight is 323 g/mol. The van der Waals surface area contributed by atoms with Crippen molar-refractivity contribution in [1.82, 2.24) is 5.43 Å². The summed E-state index contributed by atoms with van der Waals surface area (Å²) in [4.78, 5) is 12.1. The number of hydrazone groups is 1. The number of hydrogen-bond acceptors (Lipinski definition) is 5. The van der Waals surface area contributed by atoms with Gasteiger partial charge in [-0.3, -0.25) is 4.79 Å². The summed E-state index contributed by atoms with van der Waals surface area (Å²) in [5.41, 5.74) is 3.73. The van der Waals surface area contributed by atoms with E-state index in [0.717, 1.165) is 5.56 Å². The Morgan fingerprint density at radius 2 is 1.88 bits per heavy atom. The molecule has 1 atom stereocenters. The summed E-state index contributed by atoms with van der Waals surface area (Å²) in [5.74, 6) is -0.228. The van der Waals surface area contributed by atoms with E-state index in [2.05, 4.69) is 10.5 Å². The van der Waals surface area contributed by atoms with Gasteiger partial charge in [0.15, 0.2) is 17.4 Å². The van der Waals surface area contributed by atoms with Crippen LogP contribution in [0.3, 0.4) is 0 Å². The maximum atomic E-state index is 12.1. The molecule has 0 radical (unpaired) electrons. The van der Waals surface area contributed by atoms with Crippen LogP contribution in [0.25, 0.3) is 0 Å². The Morgan fingerprint density at radius 1 is 1.17 bits per heavy atom. The summed E-state index contributed by atoms with van der Waals surface area (Å²) >= 11 is 0. The van der Waals surface area contributed by atoms with Crippen LogP contribution in [-0.4, -0.2) is 26.3 Å². The first kappa shape index (κ1) is 17.0. The number of carbonyl (C=O) groups excluding carboxylic acids is 1. The maximum absolute atomic E-state index is 12.1. The molecule has 6 heteroatoms. The lowest BCUT2D eigenvalue weighted by molar-refractivity contribution is -0.121. The minimum atomic E-state index is -0.909. The lowest BCUT2D eigenvalue weighted by atomic mass is 10.0. The summed E-state index contributed by atoms with van der Waals surface area (Å²) < 4.78 is 10.4. The second-order valence-electron chi connectivity index (χ2n) is 4.82. The molecule has 0 aliphatic carbocycles. The summed E-state index contributed by atoms with van der Waals surface area (Å²) in [6.45, 7) is 0. The summed E-state index contributed by atoms with van der Waals surface area (Å²) in [6, 6.07) is 16.1. The van der Waals surface area contributed by atoms with Gasteiger partial charge >= 0.3 is 0 Å². The topological polar surface area (TPSA) is 83.7 Å². The molecule has 0 spiro atoms. The van der Waals surface area contributed by atoms with E-state index >= 15 is 0 Å². The van der Waals surface area contributed by atoms with E-state index in [4.69, 9.17) is 9.47 Å². The molecule has 6 nitrogen and oxygen atoms in total. The molecule has 0 unspecified atom stereocenters. The van der Waals surface area contributed by atoms with Gasteiger partial charge in [-0.2, -0.15) is 10.4 Å². The Kier molecular flexibility index (Phi) is 5.92. The van der Waals surface area contributed by atoms with E-state index in [-0.39, 0.29) is 0 Å². The molecule has 0 saturated heterocycles. The van der Waals surface area contributed by atoms with Crippen molar-refractivity contribution in [2.45, 2.75) is 5.92 Å². The highest BCUT2D eigenvalue weighted by Crippen LogP contribution is 2.26. The number of nitriles is 1. The Hall–Kier alpha value is -3.33. The lowest BCUT2D eigenvalue weighted by Crippen LogP contribution is -2.24. The van der Waals surface area contributed by atoms with Crippen molar-refractivity contribution in [3.8, 4) is 17.6 Å². The van der Waals surface area contributed by atoms with Gasteiger partial charge in [-0.15, -0.1) is 0 Å². The van der Waals surface area contributed by atoms with Crippen molar-refractivity contribution < 1.29 is 14.3 Å². The molecule has 0 heterocycles. The third-order valence-electron chi connectivity index (χ3n) is 3.32. The Balaban J connectivity index is 2.05. The molecule has 122 valence electrons. The van der Waals surface area contributed by atoms with Crippen molar-refractivity contribution in [3.63, 3.8) is 0 Å². The van der Waals surface area contributed by atoms with E-state index in [0.29, 0.717) is 17.1 Å². The van der Waals surface area contributed by atoms with Crippen LogP contribution in [0.4, 0.5) is 0 Å². The highest BCUT2D eigenvalue weighted by atomic mass is 16.5. The molecule has 1 N–H and O–H groups in total. The summed E-state index contributed by atoms with van der Waals surface area (Å²) in [7, 11) is 3.09. The zero-order valence-corrected chi connectivity index (χ0v) is 13.4. The number of nitrogens with one attached hydrogen (secondary N) is 1. The second kappa shape index (κ2) is 8.34. The Labute approximate surface area is 140 Å². The molecule has 1 amide bonds. The fourth-order valence-corrected chi connectivity index (χ4v) is 2.10. The smallest absolute Gasteiger partial charge is 0.261 e. The molecule has 0 fully saturated rings. The first-order valence-corrected chi connectivity index (χ1v) is 7.19. The first-order valence-electron chi connectivity index (χ1n) is 7.19. The minimum Gasteiger partial charge on any atom is -0.493 e. The fraction of sp³-hybridized carbons (Fsp3) is 0.167. The standard InChI is InChI=1S/C18H17N3O3/c1-23-16-9-8-13(10-17(16)24-2)12-20-21-18(22)15(11-19)14-6-4-3-5-7-14/h3-10,12,15H,1-2H3,(H,21,22)/b20-12-/t15-/m0/s1. The van der Waals surface area contributed by atoms with Crippen LogP contribution >= 0.6 is 0 Å². The first-order chi connectivity index (χ1) is 11.7. The van der Waals surface area contributed by atoms with Crippen molar-refractivity contribution in [2.24, 2.45) is 5.10 Å². The zero-order chi connectivity index (χ0) is 17.4. The number of ether oxygens (including phenoxy) is 2. The monoisotopic (exact) mass is 323 g/mol. The maximum Gasteiger partial charge on any atom is 0.261 e. The van der Waals surface area contributed by atoms with E-state index < -0.39 is 11.8 Å². The quantitative estimate of drug-likeness (QED) is 0.654. The van der Waals surface area contributed by atoms with Crippen LogP contribution < -0.4 is 14.9 Å². The summed E-state index contributed by atoms with van der Waals surface area (Å²) in [6.07, 6.45) is 1.47. The number of hydrogen-bond donors (Lipinski definition) is 1. The van der Waals surface area contributed by atoms with Crippen molar-refractivity contribution in [3.05, 3.63) is 59.7 Å². The number of carbonyl (C=O) groups is 1. The molecule has 2 aromatic rings. The van der Waals surface area contributed by atoms with Crippen LogP contribution in [0, 0.1) is 11.3 Å². The number of rotatable bonds is 6. The van der Waals surface area contributed by atoms with Crippen LogP contribution in [0.1, 0.15) is 17.0 Å². The van der Waals surface area contributed by atoms with Gasteiger partial charge in [0.05, 0.1) is 26.5 Å². The van der Waals surface area contributed by atoms with Gasteiger partial charge in [-0.1, -0.05) is 30.3 Å². The largest absolute Gasteiger partial charge is 0.493 e. The molecule has 0 aromatic heterocycles. The fourth-order valence-electron chi connectivity index (χ4n) is 2.10. The third-order valence-corrected chi connectivity index (χ3v) is 3.32. The van der Waals surface area contributed by atoms with E-state index in [9.17, 15) is 10.1 Å². The molecule has 0 bridgehead atoms. The van der Waals surface area contributed by atoms with Gasteiger partial charge in [0, 0.05) is 0 Å². The SMILES string of the molecule is COc1ccc(/C=N\NC(=O)[C@@H](C#N)c2ccccc2)cc1OC. The molecule has 2 rings (SSSR count). The molecular formula is C18H17N3O3. The Bertz CT molecular complexity index is 767. The Morgan fingerprint density at radius 3 is 2.50 bits per heavy atom. The molecule has 0 aliphatic heterocycles. The number of nitrogens with zero attached hydrogens (tertiary/aromatic N) is 2. The van der Waals surface area contributed by atoms with Crippen molar-refractivity contribution >= 4 is 12.1 Å². The van der Waals surface area contributed by atoms with Crippen LogP contribution in [0.2, 0.25) is 0 Å². The minimum absolute atomic E-state index is 0.486. The van der Waals surface area contributed by atoms with Gasteiger partial charge < -0.3 is 9.47 Å². The van der Waals surface area contributed by atoms with Crippen LogP contribution in [0.15, 0.2) is 53.6 Å². The number of amides is 1. The van der Waals surface area contributed by atoms with Gasteiger partial charge in [0.2, 0.25) is 0 Å². The second-order valence-corrected chi connectivity index (χ2v) is 4.82. The van der Waals surface area contributed by atoms with E-state index in [1.807, 2.05) is 12.1 Å². The van der Waals surface area contributed by atoms with Crippen molar-refractivity contribution in [1.29, 1.82) is 5.26 Å². The van der Waals surface area contributed by atoms with E-state index in [1.165, 1.54) is 13.3 Å². The van der Waals surface area contributed by atoms with Crippen molar-refractivity contribution in [2.75, 3.05) is 14.2 Å². The molecule has 24 heavy (non-hydrogen) atoms. The summed E-state index contributed by atoms with van der Waals surface area (Å²) in [5, 5.41) is 13.1. The average Bonchev–Trinajstić information content (AvgIpc) is 2.63.